The van der Waals surface area contributed by atoms with E-state index in [1.807, 2.05) is 6.92 Å². The summed E-state index contributed by atoms with van der Waals surface area (Å²) < 4.78 is 28.0. The van der Waals surface area contributed by atoms with Crippen LogP contribution in [0.4, 0.5) is 8.78 Å². The molecule has 0 fully saturated rings. The lowest BCUT2D eigenvalue weighted by Crippen LogP contribution is -1.98. The van der Waals surface area contributed by atoms with E-state index >= 15 is 0 Å². The van der Waals surface area contributed by atoms with Gasteiger partial charge in [0.05, 0.1) is 0 Å². The van der Waals surface area contributed by atoms with Gasteiger partial charge in [-0.1, -0.05) is 6.92 Å². The zero-order valence-corrected chi connectivity index (χ0v) is 6.28. The molecule has 0 spiro atoms. The normalized spacial score (nSPS) is 10.8. The maximum Gasteiger partial charge on any atom is 0.238 e. The number of ether oxygens (including phenoxy) is 1. The van der Waals surface area contributed by atoms with E-state index in [0.717, 1.165) is 6.42 Å². The van der Waals surface area contributed by atoms with Gasteiger partial charge in [-0.25, -0.2) is 8.78 Å². The van der Waals surface area contributed by atoms with Crippen molar-refractivity contribution in [3.63, 3.8) is 0 Å². The molecule has 62 valence electrons. The van der Waals surface area contributed by atoms with E-state index in [9.17, 15) is 8.78 Å². The standard InChI is InChI=1S/C7H14F2O/c1-2-5-10-6-3-4-7(8)9/h7H,2-6H2,1H3. The Kier molecular flexibility index (Phi) is 6.81. The summed E-state index contributed by atoms with van der Waals surface area (Å²) in [5.41, 5.74) is 0. The highest BCUT2D eigenvalue weighted by Gasteiger charge is 2.00. The summed E-state index contributed by atoms with van der Waals surface area (Å²) >= 11 is 0. The molecule has 0 heterocycles. The molecule has 0 aromatic carbocycles. The molecule has 0 saturated carbocycles. The summed E-state index contributed by atoms with van der Waals surface area (Å²) in [5.74, 6) is 0. The maximum absolute atomic E-state index is 11.5. The Morgan fingerprint density at radius 3 is 2.50 bits per heavy atom. The molecule has 0 aliphatic heterocycles. The van der Waals surface area contributed by atoms with E-state index in [1.165, 1.54) is 0 Å². The fourth-order valence-corrected chi connectivity index (χ4v) is 0.586. The zero-order chi connectivity index (χ0) is 7.82. The minimum atomic E-state index is -2.18. The average Bonchev–Trinajstić information content (AvgIpc) is 1.87. The first-order valence-electron chi connectivity index (χ1n) is 3.63. The Bertz CT molecular complexity index is 66.6. The third-order valence-electron chi connectivity index (χ3n) is 1.06. The highest BCUT2D eigenvalue weighted by atomic mass is 19.3. The van der Waals surface area contributed by atoms with Crippen LogP contribution in [0.25, 0.3) is 0 Å². The van der Waals surface area contributed by atoms with E-state index < -0.39 is 6.43 Å². The fraction of sp³-hybridized carbons (Fsp3) is 1.00. The van der Waals surface area contributed by atoms with Gasteiger partial charge in [-0.15, -0.1) is 0 Å². The minimum Gasteiger partial charge on any atom is -0.381 e. The molecule has 0 bridgehead atoms. The molecular weight excluding hydrogens is 138 g/mol. The molecular formula is C7H14F2O. The topological polar surface area (TPSA) is 9.23 Å². The molecule has 0 amide bonds. The largest absolute Gasteiger partial charge is 0.381 e. The van der Waals surface area contributed by atoms with Gasteiger partial charge < -0.3 is 4.74 Å². The number of alkyl halides is 2. The molecule has 0 aromatic heterocycles. The second-order valence-electron chi connectivity index (χ2n) is 2.15. The number of hydrogen-bond acceptors (Lipinski definition) is 1. The smallest absolute Gasteiger partial charge is 0.238 e. The van der Waals surface area contributed by atoms with Crippen molar-refractivity contribution in [1.82, 2.24) is 0 Å². The Labute approximate surface area is 60.4 Å². The molecule has 0 aliphatic carbocycles. The van der Waals surface area contributed by atoms with E-state index in [4.69, 9.17) is 4.74 Å². The van der Waals surface area contributed by atoms with Crippen LogP contribution >= 0.6 is 0 Å². The Hall–Kier alpha value is -0.180. The molecule has 1 nitrogen and oxygen atoms in total. The lowest BCUT2D eigenvalue weighted by atomic mass is 10.3. The second-order valence-corrected chi connectivity index (χ2v) is 2.15. The van der Waals surface area contributed by atoms with Crippen molar-refractivity contribution in [2.45, 2.75) is 32.6 Å². The lowest BCUT2D eigenvalue weighted by Gasteiger charge is -2.00. The third-order valence-corrected chi connectivity index (χ3v) is 1.06. The Morgan fingerprint density at radius 2 is 2.00 bits per heavy atom. The van der Waals surface area contributed by atoms with Gasteiger partial charge in [0.15, 0.2) is 0 Å². The van der Waals surface area contributed by atoms with Crippen LogP contribution in [0.15, 0.2) is 0 Å². The van der Waals surface area contributed by atoms with E-state index in [1.54, 1.807) is 0 Å². The first-order chi connectivity index (χ1) is 4.77. The van der Waals surface area contributed by atoms with Crippen LogP contribution in [-0.4, -0.2) is 19.6 Å². The molecule has 0 N–H and O–H groups in total. The quantitative estimate of drug-likeness (QED) is 0.531. The molecule has 0 atom stereocenters. The van der Waals surface area contributed by atoms with Gasteiger partial charge in [0.2, 0.25) is 6.43 Å². The van der Waals surface area contributed by atoms with E-state index in [-0.39, 0.29) is 6.42 Å². The predicted octanol–water partition coefficient (Wildman–Crippen LogP) is 2.46. The molecule has 0 unspecified atom stereocenters. The average molecular weight is 152 g/mol. The summed E-state index contributed by atoms with van der Waals surface area (Å²) in [6, 6.07) is 0. The zero-order valence-electron chi connectivity index (χ0n) is 6.28. The maximum atomic E-state index is 11.5. The van der Waals surface area contributed by atoms with Gasteiger partial charge in [0, 0.05) is 19.6 Å². The van der Waals surface area contributed by atoms with Gasteiger partial charge >= 0.3 is 0 Å². The first-order valence-corrected chi connectivity index (χ1v) is 3.63. The lowest BCUT2D eigenvalue weighted by molar-refractivity contribution is 0.0944. The molecule has 0 saturated heterocycles. The van der Waals surface area contributed by atoms with Gasteiger partial charge in [0.25, 0.3) is 0 Å². The summed E-state index contributed by atoms with van der Waals surface area (Å²) in [6.45, 7) is 3.15. The van der Waals surface area contributed by atoms with Crippen LogP contribution in [0.1, 0.15) is 26.2 Å². The van der Waals surface area contributed by atoms with Crippen LogP contribution in [0, 0.1) is 0 Å². The fourth-order valence-electron chi connectivity index (χ4n) is 0.586. The van der Waals surface area contributed by atoms with Crippen molar-refractivity contribution in [3.05, 3.63) is 0 Å². The summed E-state index contributed by atoms with van der Waals surface area (Å²) in [5, 5.41) is 0. The number of halogens is 2. The first kappa shape index (κ1) is 9.82. The molecule has 0 radical (unpaired) electrons. The van der Waals surface area contributed by atoms with Crippen molar-refractivity contribution < 1.29 is 13.5 Å². The van der Waals surface area contributed by atoms with Crippen LogP contribution < -0.4 is 0 Å². The molecule has 0 aliphatic rings. The molecule has 10 heavy (non-hydrogen) atoms. The van der Waals surface area contributed by atoms with Gasteiger partial charge in [0.1, 0.15) is 0 Å². The molecule has 0 rings (SSSR count). The van der Waals surface area contributed by atoms with E-state index in [2.05, 4.69) is 0 Å². The van der Waals surface area contributed by atoms with Crippen molar-refractivity contribution in [2.75, 3.05) is 13.2 Å². The van der Waals surface area contributed by atoms with Gasteiger partial charge in [-0.05, 0) is 12.8 Å². The minimum absolute atomic E-state index is 0.0380. The third kappa shape index (κ3) is 7.82. The van der Waals surface area contributed by atoms with Crippen molar-refractivity contribution >= 4 is 0 Å². The van der Waals surface area contributed by atoms with Gasteiger partial charge in [-0.2, -0.15) is 0 Å². The van der Waals surface area contributed by atoms with E-state index in [0.29, 0.717) is 19.6 Å². The van der Waals surface area contributed by atoms with Crippen molar-refractivity contribution in [2.24, 2.45) is 0 Å². The number of hydrogen-bond donors (Lipinski definition) is 0. The summed E-state index contributed by atoms with van der Waals surface area (Å²) in [6.07, 6.45) is -0.791. The van der Waals surface area contributed by atoms with Crippen LogP contribution in [0.2, 0.25) is 0 Å². The van der Waals surface area contributed by atoms with Crippen LogP contribution in [-0.2, 0) is 4.74 Å². The van der Waals surface area contributed by atoms with Crippen LogP contribution in [0.3, 0.4) is 0 Å². The molecule has 3 heteroatoms. The monoisotopic (exact) mass is 152 g/mol. The van der Waals surface area contributed by atoms with Crippen LogP contribution in [0.5, 0.6) is 0 Å². The highest BCUT2D eigenvalue weighted by molar-refractivity contribution is 4.40. The van der Waals surface area contributed by atoms with Crippen molar-refractivity contribution in [1.29, 1.82) is 0 Å². The van der Waals surface area contributed by atoms with Crippen molar-refractivity contribution in [3.8, 4) is 0 Å². The highest BCUT2D eigenvalue weighted by Crippen LogP contribution is 2.02. The predicted molar refractivity (Wildman–Crippen MR) is 36.3 cm³/mol. The molecule has 0 aromatic rings. The Balaban J connectivity index is 2.77. The number of rotatable bonds is 6. The summed E-state index contributed by atoms with van der Waals surface area (Å²) in [7, 11) is 0. The SMILES string of the molecule is CCCOCCCC(F)F. The Morgan fingerprint density at radius 1 is 1.30 bits per heavy atom. The second kappa shape index (κ2) is 6.93. The van der Waals surface area contributed by atoms with Gasteiger partial charge in [-0.3, -0.25) is 0 Å². The summed E-state index contributed by atoms with van der Waals surface area (Å²) in [4.78, 5) is 0.